The lowest BCUT2D eigenvalue weighted by atomic mass is 10.1. The fourth-order valence-electron chi connectivity index (χ4n) is 1.08. The lowest BCUT2D eigenvalue weighted by molar-refractivity contribution is 0.171. The molecular formula is C10H11F2NO2. The third-order valence-corrected chi connectivity index (χ3v) is 1.85. The Balaban J connectivity index is 2.44. The van der Waals surface area contributed by atoms with E-state index < -0.39 is 17.7 Å². The molecule has 1 aromatic rings. The van der Waals surface area contributed by atoms with Gasteiger partial charge >= 0.3 is 6.09 Å². The summed E-state index contributed by atoms with van der Waals surface area (Å²) in [6, 6.07) is 3.63. The van der Waals surface area contributed by atoms with Crippen LogP contribution >= 0.6 is 0 Å². The molecule has 5 heteroatoms. The molecule has 0 radical (unpaired) electrons. The van der Waals surface area contributed by atoms with Crippen molar-refractivity contribution < 1.29 is 18.3 Å². The molecule has 0 bridgehead atoms. The summed E-state index contributed by atoms with van der Waals surface area (Å²) in [5, 5.41) is 2.44. The van der Waals surface area contributed by atoms with Gasteiger partial charge in [0.15, 0.2) is 11.6 Å². The van der Waals surface area contributed by atoms with Crippen LogP contribution < -0.4 is 5.32 Å². The minimum absolute atomic E-state index is 0.317. The van der Waals surface area contributed by atoms with E-state index >= 15 is 0 Å². The number of benzene rings is 1. The third kappa shape index (κ3) is 3.53. The van der Waals surface area contributed by atoms with Gasteiger partial charge in [-0.1, -0.05) is 6.07 Å². The second-order valence-electron chi connectivity index (χ2n) is 2.92. The van der Waals surface area contributed by atoms with Gasteiger partial charge in [0.05, 0.1) is 7.11 Å². The van der Waals surface area contributed by atoms with Crippen LogP contribution in [0.4, 0.5) is 13.6 Å². The smallest absolute Gasteiger partial charge is 0.406 e. The van der Waals surface area contributed by atoms with E-state index in [4.69, 9.17) is 0 Å². The number of hydrogen-bond acceptors (Lipinski definition) is 2. The van der Waals surface area contributed by atoms with Crippen molar-refractivity contribution >= 4 is 6.09 Å². The highest BCUT2D eigenvalue weighted by Crippen LogP contribution is 2.08. The number of rotatable bonds is 3. The molecule has 0 saturated carbocycles. The number of carbonyl (C=O) groups excluding carboxylic acids is 1. The van der Waals surface area contributed by atoms with Crippen molar-refractivity contribution in [1.29, 1.82) is 0 Å². The quantitative estimate of drug-likeness (QED) is 0.835. The largest absolute Gasteiger partial charge is 0.453 e. The Morgan fingerprint density at radius 2 is 2.13 bits per heavy atom. The molecule has 0 atom stereocenters. The Labute approximate surface area is 86.0 Å². The third-order valence-electron chi connectivity index (χ3n) is 1.85. The van der Waals surface area contributed by atoms with Crippen LogP contribution in [0.1, 0.15) is 5.56 Å². The molecule has 1 rings (SSSR count). The number of nitrogens with one attached hydrogen (secondary N) is 1. The van der Waals surface area contributed by atoms with Crippen molar-refractivity contribution in [3.05, 3.63) is 35.4 Å². The van der Waals surface area contributed by atoms with Gasteiger partial charge in [0, 0.05) is 6.54 Å². The second kappa shape index (κ2) is 5.29. The number of methoxy groups -OCH3 is 1. The molecule has 0 fully saturated rings. The van der Waals surface area contributed by atoms with Crippen LogP contribution in [0.5, 0.6) is 0 Å². The van der Waals surface area contributed by atoms with Gasteiger partial charge in [-0.2, -0.15) is 0 Å². The van der Waals surface area contributed by atoms with Gasteiger partial charge in [-0.25, -0.2) is 13.6 Å². The molecule has 0 aromatic heterocycles. The standard InChI is InChI=1S/C10H11F2NO2/c1-15-10(14)13-5-4-7-2-3-8(11)9(12)6-7/h2-3,6H,4-5H2,1H3,(H,13,14). The predicted molar refractivity (Wildman–Crippen MR) is 50.5 cm³/mol. The van der Waals surface area contributed by atoms with Gasteiger partial charge < -0.3 is 10.1 Å². The molecule has 3 nitrogen and oxygen atoms in total. The van der Waals surface area contributed by atoms with E-state index in [1.54, 1.807) is 0 Å². The van der Waals surface area contributed by atoms with E-state index in [0.29, 0.717) is 18.5 Å². The Kier molecular flexibility index (Phi) is 4.03. The zero-order chi connectivity index (χ0) is 11.3. The molecule has 0 aliphatic rings. The van der Waals surface area contributed by atoms with Crippen molar-refractivity contribution in [2.75, 3.05) is 13.7 Å². The van der Waals surface area contributed by atoms with Crippen molar-refractivity contribution in [2.24, 2.45) is 0 Å². The fraction of sp³-hybridized carbons (Fsp3) is 0.300. The van der Waals surface area contributed by atoms with Crippen LogP contribution in [0, 0.1) is 11.6 Å². The van der Waals surface area contributed by atoms with Crippen LogP contribution in [0.3, 0.4) is 0 Å². The van der Waals surface area contributed by atoms with Crippen molar-refractivity contribution in [2.45, 2.75) is 6.42 Å². The summed E-state index contributed by atoms with van der Waals surface area (Å²) in [5.41, 5.74) is 0.616. The minimum Gasteiger partial charge on any atom is -0.453 e. The highest BCUT2D eigenvalue weighted by atomic mass is 19.2. The molecule has 1 aromatic carbocycles. The van der Waals surface area contributed by atoms with Crippen molar-refractivity contribution in [3.8, 4) is 0 Å². The number of amides is 1. The summed E-state index contributed by atoms with van der Waals surface area (Å²) in [6.07, 6.45) is -0.121. The van der Waals surface area contributed by atoms with Gasteiger partial charge in [0.2, 0.25) is 0 Å². The minimum atomic E-state index is -0.884. The van der Waals surface area contributed by atoms with Crippen LogP contribution in [0.25, 0.3) is 0 Å². The molecule has 0 aliphatic heterocycles. The van der Waals surface area contributed by atoms with Gasteiger partial charge in [-0.05, 0) is 24.1 Å². The monoisotopic (exact) mass is 215 g/mol. The lowest BCUT2D eigenvalue weighted by Gasteiger charge is -2.04. The molecule has 0 heterocycles. The van der Waals surface area contributed by atoms with Crippen LogP contribution in [0.15, 0.2) is 18.2 Å². The lowest BCUT2D eigenvalue weighted by Crippen LogP contribution is -2.25. The number of carbonyl (C=O) groups is 1. The van der Waals surface area contributed by atoms with Crippen molar-refractivity contribution in [1.82, 2.24) is 5.32 Å². The van der Waals surface area contributed by atoms with Crippen molar-refractivity contribution in [3.63, 3.8) is 0 Å². The maximum Gasteiger partial charge on any atom is 0.406 e. The summed E-state index contributed by atoms with van der Waals surface area (Å²) in [4.78, 5) is 10.7. The van der Waals surface area contributed by atoms with Gasteiger partial charge in [-0.15, -0.1) is 0 Å². The molecule has 1 amide bonds. The first kappa shape index (κ1) is 11.4. The number of alkyl carbamates (subject to hydrolysis) is 1. The average Bonchev–Trinajstić information content (AvgIpc) is 2.23. The molecule has 0 aliphatic carbocycles. The van der Waals surface area contributed by atoms with Gasteiger partial charge in [0.25, 0.3) is 0 Å². The van der Waals surface area contributed by atoms with E-state index in [9.17, 15) is 13.6 Å². The Hall–Kier alpha value is -1.65. The Morgan fingerprint density at radius 3 is 2.73 bits per heavy atom. The van der Waals surface area contributed by atoms with Crippen LogP contribution in [-0.2, 0) is 11.2 Å². The normalized spacial score (nSPS) is 9.80. The SMILES string of the molecule is COC(=O)NCCc1ccc(F)c(F)c1. The first-order chi connectivity index (χ1) is 7.13. The molecule has 0 unspecified atom stereocenters. The second-order valence-corrected chi connectivity index (χ2v) is 2.92. The number of ether oxygens (including phenoxy) is 1. The van der Waals surface area contributed by atoms with E-state index in [0.717, 1.165) is 12.1 Å². The topological polar surface area (TPSA) is 38.3 Å². The van der Waals surface area contributed by atoms with E-state index in [1.807, 2.05) is 0 Å². The molecule has 0 spiro atoms. The van der Waals surface area contributed by atoms with E-state index in [2.05, 4.69) is 10.1 Å². The molecule has 82 valence electrons. The van der Waals surface area contributed by atoms with Crippen LogP contribution in [0.2, 0.25) is 0 Å². The maximum atomic E-state index is 12.7. The number of hydrogen-bond donors (Lipinski definition) is 1. The zero-order valence-electron chi connectivity index (χ0n) is 8.22. The molecule has 0 saturated heterocycles. The Morgan fingerprint density at radius 1 is 1.40 bits per heavy atom. The Bertz CT molecular complexity index is 355. The average molecular weight is 215 g/mol. The maximum absolute atomic E-state index is 12.7. The summed E-state index contributed by atoms with van der Waals surface area (Å²) < 4.78 is 29.6. The molecular weight excluding hydrogens is 204 g/mol. The first-order valence-corrected chi connectivity index (χ1v) is 4.39. The molecule has 1 N–H and O–H groups in total. The summed E-state index contributed by atoms with van der Waals surface area (Å²) in [7, 11) is 1.26. The first-order valence-electron chi connectivity index (χ1n) is 4.39. The van der Waals surface area contributed by atoms with Gasteiger partial charge in [-0.3, -0.25) is 0 Å². The van der Waals surface area contributed by atoms with E-state index in [-0.39, 0.29) is 0 Å². The predicted octanol–water partition coefficient (Wildman–Crippen LogP) is 1.86. The fourth-order valence-corrected chi connectivity index (χ4v) is 1.08. The van der Waals surface area contributed by atoms with E-state index in [1.165, 1.54) is 13.2 Å². The highest BCUT2D eigenvalue weighted by Gasteiger charge is 2.03. The van der Waals surface area contributed by atoms with Crippen LogP contribution in [-0.4, -0.2) is 19.7 Å². The molecule has 15 heavy (non-hydrogen) atoms. The van der Waals surface area contributed by atoms with Gasteiger partial charge in [0.1, 0.15) is 0 Å². The summed E-state index contributed by atoms with van der Waals surface area (Å²) in [5.74, 6) is -1.76. The highest BCUT2D eigenvalue weighted by molar-refractivity contribution is 5.66. The zero-order valence-corrected chi connectivity index (χ0v) is 8.22. The summed E-state index contributed by atoms with van der Waals surface area (Å²) >= 11 is 0. The number of halogens is 2. The summed E-state index contributed by atoms with van der Waals surface area (Å²) in [6.45, 7) is 0.317.